The molecule has 0 saturated carbocycles. The monoisotopic (exact) mass is 263 g/mol. The molecule has 0 radical (unpaired) electrons. The largest absolute Gasteiger partial charge is 0.489 e. The second-order valence-electron chi connectivity index (χ2n) is 5.09. The molecule has 1 fully saturated rings. The molecule has 0 aliphatic carbocycles. The van der Waals surface area contributed by atoms with E-state index in [1.165, 1.54) is 7.11 Å². The van der Waals surface area contributed by atoms with E-state index in [-0.39, 0.29) is 18.0 Å². The summed E-state index contributed by atoms with van der Waals surface area (Å²) >= 11 is 0. The van der Waals surface area contributed by atoms with Crippen molar-refractivity contribution in [2.75, 3.05) is 25.1 Å². The van der Waals surface area contributed by atoms with E-state index in [0.717, 1.165) is 24.4 Å². The number of benzene rings is 1. The van der Waals surface area contributed by atoms with Crippen molar-refractivity contribution >= 4 is 11.7 Å². The number of hydrogen-bond acceptors (Lipinski definition) is 4. The number of rotatable bonds is 4. The maximum Gasteiger partial charge on any atom is 0.310 e. The summed E-state index contributed by atoms with van der Waals surface area (Å²) in [6.45, 7) is 5.58. The lowest BCUT2D eigenvalue weighted by Gasteiger charge is -2.22. The molecule has 104 valence electrons. The summed E-state index contributed by atoms with van der Waals surface area (Å²) in [5, 5.41) is 0. The van der Waals surface area contributed by atoms with Gasteiger partial charge in [0.15, 0.2) is 0 Å². The minimum absolute atomic E-state index is 0.0305. The molecule has 4 nitrogen and oxygen atoms in total. The smallest absolute Gasteiger partial charge is 0.310 e. The van der Waals surface area contributed by atoms with Crippen molar-refractivity contribution in [3.8, 4) is 5.75 Å². The molecule has 0 spiro atoms. The van der Waals surface area contributed by atoms with Gasteiger partial charge in [0.1, 0.15) is 5.75 Å². The lowest BCUT2D eigenvalue weighted by Crippen LogP contribution is -2.24. The first kappa shape index (κ1) is 13.7. The zero-order valence-corrected chi connectivity index (χ0v) is 11.8. The molecule has 1 atom stereocenters. The summed E-state index contributed by atoms with van der Waals surface area (Å²) in [6.07, 6.45) is 0.975. The van der Waals surface area contributed by atoms with Gasteiger partial charge in [-0.1, -0.05) is 12.1 Å². The van der Waals surface area contributed by atoms with Crippen LogP contribution < -0.4 is 9.64 Å². The molecule has 1 heterocycles. The van der Waals surface area contributed by atoms with Gasteiger partial charge >= 0.3 is 5.97 Å². The van der Waals surface area contributed by atoms with E-state index in [1.54, 1.807) is 0 Å². The van der Waals surface area contributed by atoms with Crippen LogP contribution in [0.5, 0.6) is 5.75 Å². The van der Waals surface area contributed by atoms with E-state index < -0.39 is 0 Å². The number of carbonyl (C=O) groups excluding carboxylic acids is 1. The number of nitrogens with zero attached hydrogens (tertiary/aromatic N) is 1. The molecule has 1 saturated heterocycles. The summed E-state index contributed by atoms with van der Waals surface area (Å²) in [5.41, 5.74) is 1.06. The van der Waals surface area contributed by atoms with Gasteiger partial charge in [-0.2, -0.15) is 0 Å². The van der Waals surface area contributed by atoms with Crippen molar-refractivity contribution in [3.05, 3.63) is 24.3 Å². The van der Waals surface area contributed by atoms with E-state index >= 15 is 0 Å². The van der Waals surface area contributed by atoms with E-state index in [1.807, 2.05) is 38.1 Å². The quantitative estimate of drug-likeness (QED) is 0.782. The van der Waals surface area contributed by atoms with Gasteiger partial charge in [0, 0.05) is 13.1 Å². The average molecular weight is 263 g/mol. The fourth-order valence-corrected chi connectivity index (χ4v) is 2.41. The van der Waals surface area contributed by atoms with E-state index in [2.05, 4.69) is 4.90 Å². The van der Waals surface area contributed by atoms with Gasteiger partial charge < -0.3 is 14.4 Å². The highest BCUT2D eigenvalue weighted by Crippen LogP contribution is 2.33. The first-order valence-corrected chi connectivity index (χ1v) is 6.70. The Bertz CT molecular complexity index is 445. The molecule has 0 aromatic heterocycles. The lowest BCUT2D eigenvalue weighted by atomic mass is 10.1. The molecular weight excluding hydrogens is 242 g/mol. The predicted octanol–water partition coefficient (Wildman–Crippen LogP) is 2.47. The Morgan fingerprint density at radius 2 is 2.11 bits per heavy atom. The summed E-state index contributed by atoms with van der Waals surface area (Å²) in [6, 6.07) is 7.97. The van der Waals surface area contributed by atoms with Crippen LogP contribution in [0.3, 0.4) is 0 Å². The second-order valence-corrected chi connectivity index (χ2v) is 5.09. The molecule has 4 heteroatoms. The van der Waals surface area contributed by atoms with Gasteiger partial charge in [0.2, 0.25) is 0 Å². The van der Waals surface area contributed by atoms with Crippen LogP contribution >= 0.6 is 0 Å². The third kappa shape index (κ3) is 3.19. The molecule has 1 aromatic rings. The van der Waals surface area contributed by atoms with Crippen LogP contribution in [0.1, 0.15) is 20.3 Å². The number of para-hydroxylation sites is 2. The van der Waals surface area contributed by atoms with Crippen molar-refractivity contribution < 1.29 is 14.3 Å². The highest BCUT2D eigenvalue weighted by molar-refractivity contribution is 5.74. The molecule has 1 unspecified atom stereocenters. The summed E-state index contributed by atoms with van der Waals surface area (Å²) in [7, 11) is 1.45. The van der Waals surface area contributed by atoms with Gasteiger partial charge in [-0.25, -0.2) is 0 Å². The van der Waals surface area contributed by atoms with Gasteiger partial charge in [0.25, 0.3) is 0 Å². The Morgan fingerprint density at radius 1 is 1.37 bits per heavy atom. The molecule has 1 aliphatic heterocycles. The lowest BCUT2D eigenvalue weighted by molar-refractivity contribution is -0.144. The zero-order valence-electron chi connectivity index (χ0n) is 11.8. The molecule has 0 bridgehead atoms. The summed E-state index contributed by atoms with van der Waals surface area (Å²) < 4.78 is 10.6. The SMILES string of the molecule is COC(=O)C1CCN(c2ccccc2OC(C)C)C1. The number of carbonyl (C=O) groups is 1. The summed E-state index contributed by atoms with van der Waals surface area (Å²) in [4.78, 5) is 13.8. The molecule has 2 rings (SSSR count). The highest BCUT2D eigenvalue weighted by Gasteiger charge is 2.30. The van der Waals surface area contributed by atoms with Crippen LogP contribution in [-0.4, -0.2) is 32.3 Å². The number of ether oxygens (including phenoxy) is 2. The summed E-state index contributed by atoms with van der Waals surface area (Å²) in [5.74, 6) is 0.727. The van der Waals surface area contributed by atoms with E-state index in [9.17, 15) is 4.79 Å². The van der Waals surface area contributed by atoms with Crippen molar-refractivity contribution in [1.29, 1.82) is 0 Å². The first-order chi connectivity index (χ1) is 9.11. The van der Waals surface area contributed by atoms with Crippen LogP contribution in [0.4, 0.5) is 5.69 Å². The van der Waals surface area contributed by atoms with Crippen molar-refractivity contribution in [2.45, 2.75) is 26.4 Å². The highest BCUT2D eigenvalue weighted by atomic mass is 16.5. The van der Waals surface area contributed by atoms with Gasteiger partial charge in [0.05, 0.1) is 24.8 Å². The first-order valence-electron chi connectivity index (χ1n) is 6.70. The fourth-order valence-electron chi connectivity index (χ4n) is 2.41. The molecular formula is C15H21NO3. The van der Waals surface area contributed by atoms with Gasteiger partial charge in [-0.15, -0.1) is 0 Å². The number of esters is 1. The Kier molecular flexibility index (Phi) is 4.30. The van der Waals surface area contributed by atoms with E-state index in [4.69, 9.17) is 9.47 Å². The third-order valence-corrected chi connectivity index (χ3v) is 3.29. The Balaban J connectivity index is 2.13. The Morgan fingerprint density at radius 3 is 2.79 bits per heavy atom. The topological polar surface area (TPSA) is 38.8 Å². The minimum atomic E-state index is -0.121. The maximum absolute atomic E-state index is 11.6. The van der Waals surface area contributed by atoms with Crippen molar-refractivity contribution in [1.82, 2.24) is 0 Å². The van der Waals surface area contributed by atoms with Crippen molar-refractivity contribution in [2.24, 2.45) is 5.92 Å². The van der Waals surface area contributed by atoms with Gasteiger partial charge in [-0.3, -0.25) is 4.79 Å². The van der Waals surface area contributed by atoms with E-state index in [0.29, 0.717) is 6.54 Å². The average Bonchev–Trinajstić information content (AvgIpc) is 2.87. The molecule has 19 heavy (non-hydrogen) atoms. The zero-order chi connectivity index (χ0) is 13.8. The fraction of sp³-hybridized carbons (Fsp3) is 0.533. The van der Waals surface area contributed by atoms with Crippen LogP contribution in [0.25, 0.3) is 0 Å². The Labute approximate surface area is 114 Å². The minimum Gasteiger partial charge on any atom is -0.489 e. The standard InChI is InChI=1S/C15H21NO3/c1-11(2)19-14-7-5-4-6-13(14)16-9-8-12(10-16)15(17)18-3/h4-7,11-12H,8-10H2,1-3H3. The normalized spacial score (nSPS) is 18.7. The molecule has 1 aromatic carbocycles. The predicted molar refractivity (Wildman–Crippen MR) is 74.5 cm³/mol. The number of methoxy groups -OCH3 is 1. The number of anilines is 1. The van der Waals surface area contributed by atoms with Crippen molar-refractivity contribution in [3.63, 3.8) is 0 Å². The molecule has 0 N–H and O–H groups in total. The Hall–Kier alpha value is -1.71. The molecule has 0 amide bonds. The van der Waals surface area contributed by atoms with Crippen LogP contribution in [0, 0.1) is 5.92 Å². The second kappa shape index (κ2) is 5.95. The van der Waals surface area contributed by atoms with Crippen LogP contribution in [0.15, 0.2) is 24.3 Å². The van der Waals surface area contributed by atoms with Crippen LogP contribution in [-0.2, 0) is 9.53 Å². The maximum atomic E-state index is 11.6. The van der Waals surface area contributed by atoms with Crippen LogP contribution in [0.2, 0.25) is 0 Å². The molecule has 1 aliphatic rings. The third-order valence-electron chi connectivity index (χ3n) is 3.29. The number of hydrogen-bond donors (Lipinski definition) is 0. The van der Waals surface area contributed by atoms with Gasteiger partial charge in [-0.05, 0) is 32.4 Å².